The Morgan fingerprint density at radius 1 is 1.31 bits per heavy atom. The molecular weight excluding hydrogens is 202 g/mol. The van der Waals surface area contributed by atoms with Gasteiger partial charge in [-0.2, -0.15) is 4.98 Å². The van der Waals surface area contributed by atoms with Crippen LogP contribution in [0.15, 0.2) is 28.8 Å². The predicted octanol–water partition coefficient (Wildman–Crippen LogP) is 2.24. The van der Waals surface area contributed by atoms with Gasteiger partial charge in [0.2, 0.25) is 0 Å². The molecule has 0 amide bonds. The van der Waals surface area contributed by atoms with Crippen molar-refractivity contribution < 1.29 is 4.52 Å². The first kappa shape index (κ1) is 10.8. The SMILES string of the molecule is Cc1cccc(-c2nc(C(C)(C)N)no2)c1. The third-order valence-electron chi connectivity index (χ3n) is 2.27. The van der Waals surface area contributed by atoms with Gasteiger partial charge in [-0.15, -0.1) is 0 Å². The number of hydrogen-bond donors (Lipinski definition) is 1. The highest BCUT2D eigenvalue weighted by Crippen LogP contribution is 2.21. The van der Waals surface area contributed by atoms with Gasteiger partial charge < -0.3 is 10.3 Å². The van der Waals surface area contributed by atoms with Crippen molar-refractivity contribution in [3.63, 3.8) is 0 Å². The largest absolute Gasteiger partial charge is 0.334 e. The van der Waals surface area contributed by atoms with Crippen LogP contribution in [0.1, 0.15) is 25.2 Å². The Morgan fingerprint density at radius 3 is 2.62 bits per heavy atom. The van der Waals surface area contributed by atoms with E-state index in [2.05, 4.69) is 10.1 Å². The number of aryl methyl sites for hydroxylation is 1. The highest BCUT2D eigenvalue weighted by molar-refractivity contribution is 5.53. The van der Waals surface area contributed by atoms with Crippen molar-refractivity contribution in [2.24, 2.45) is 5.73 Å². The summed E-state index contributed by atoms with van der Waals surface area (Å²) in [6.07, 6.45) is 0. The molecule has 0 fully saturated rings. The number of aromatic nitrogens is 2. The summed E-state index contributed by atoms with van der Waals surface area (Å²) in [4.78, 5) is 4.29. The lowest BCUT2D eigenvalue weighted by Gasteiger charge is -2.11. The quantitative estimate of drug-likeness (QED) is 0.837. The Balaban J connectivity index is 2.39. The molecule has 0 unspecified atom stereocenters. The minimum absolute atomic E-state index is 0.511. The molecule has 0 aliphatic heterocycles. The molecule has 0 aliphatic carbocycles. The Hall–Kier alpha value is -1.68. The van der Waals surface area contributed by atoms with Gasteiger partial charge in [-0.3, -0.25) is 0 Å². The zero-order valence-electron chi connectivity index (χ0n) is 9.69. The number of nitrogens with zero attached hydrogens (tertiary/aromatic N) is 2. The molecule has 2 aromatic rings. The smallest absolute Gasteiger partial charge is 0.257 e. The van der Waals surface area contributed by atoms with Crippen LogP contribution in [0.4, 0.5) is 0 Å². The standard InChI is InChI=1S/C12H15N3O/c1-8-5-4-6-9(7-8)10-14-11(15-16-10)12(2,3)13/h4-7H,13H2,1-3H3. The van der Waals surface area contributed by atoms with E-state index >= 15 is 0 Å². The van der Waals surface area contributed by atoms with Crippen LogP contribution < -0.4 is 5.73 Å². The molecule has 2 N–H and O–H groups in total. The Kier molecular flexibility index (Phi) is 2.52. The van der Waals surface area contributed by atoms with E-state index in [1.54, 1.807) is 0 Å². The summed E-state index contributed by atoms with van der Waals surface area (Å²) in [6.45, 7) is 5.71. The monoisotopic (exact) mass is 217 g/mol. The van der Waals surface area contributed by atoms with Crippen molar-refractivity contribution >= 4 is 0 Å². The lowest BCUT2D eigenvalue weighted by molar-refractivity contribution is 0.397. The van der Waals surface area contributed by atoms with E-state index in [4.69, 9.17) is 10.3 Å². The van der Waals surface area contributed by atoms with Crippen molar-refractivity contribution in [3.8, 4) is 11.5 Å². The third kappa shape index (κ3) is 2.12. The maximum Gasteiger partial charge on any atom is 0.257 e. The molecule has 4 heteroatoms. The van der Waals surface area contributed by atoms with Gasteiger partial charge in [-0.1, -0.05) is 22.9 Å². The highest BCUT2D eigenvalue weighted by Gasteiger charge is 2.21. The fourth-order valence-electron chi connectivity index (χ4n) is 1.38. The molecular formula is C12H15N3O. The second-order valence-corrected chi connectivity index (χ2v) is 4.51. The Bertz CT molecular complexity index is 497. The first-order valence-electron chi connectivity index (χ1n) is 5.17. The molecule has 0 spiro atoms. The highest BCUT2D eigenvalue weighted by atomic mass is 16.5. The summed E-state index contributed by atoms with van der Waals surface area (Å²) >= 11 is 0. The number of nitrogens with two attached hydrogens (primary N) is 1. The maximum atomic E-state index is 5.89. The zero-order valence-corrected chi connectivity index (χ0v) is 9.69. The van der Waals surface area contributed by atoms with Crippen LogP contribution >= 0.6 is 0 Å². The summed E-state index contributed by atoms with van der Waals surface area (Å²) in [7, 11) is 0. The Labute approximate surface area is 94.5 Å². The van der Waals surface area contributed by atoms with Crippen LogP contribution in [0.2, 0.25) is 0 Å². The normalized spacial score (nSPS) is 11.8. The number of hydrogen-bond acceptors (Lipinski definition) is 4. The van der Waals surface area contributed by atoms with Crippen molar-refractivity contribution in [2.45, 2.75) is 26.3 Å². The molecule has 2 rings (SSSR count). The zero-order chi connectivity index (χ0) is 11.8. The molecule has 0 radical (unpaired) electrons. The van der Waals surface area contributed by atoms with Gasteiger partial charge in [0.1, 0.15) is 0 Å². The molecule has 1 aromatic carbocycles. The molecule has 0 bridgehead atoms. The van der Waals surface area contributed by atoms with Crippen LogP contribution in [-0.2, 0) is 5.54 Å². The fraction of sp³-hybridized carbons (Fsp3) is 0.333. The van der Waals surface area contributed by atoms with E-state index in [1.807, 2.05) is 45.0 Å². The molecule has 0 saturated carbocycles. The van der Waals surface area contributed by atoms with Crippen molar-refractivity contribution in [3.05, 3.63) is 35.7 Å². The molecule has 0 aliphatic rings. The van der Waals surface area contributed by atoms with E-state index < -0.39 is 5.54 Å². The number of rotatable bonds is 2. The Morgan fingerprint density at radius 2 is 2.06 bits per heavy atom. The minimum Gasteiger partial charge on any atom is -0.334 e. The summed E-state index contributed by atoms with van der Waals surface area (Å²) in [5, 5.41) is 3.88. The van der Waals surface area contributed by atoms with Crippen molar-refractivity contribution in [1.29, 1.82) is 0 Å². The van der Waals surface area contributed by atoms with Gasteiger partial charge in [0, 0.05) is 5.56 Å². The summed E-state index contributed by atoms with van der Waals surface area (Å²) in [5.74, 6) is 1.03. The second kappa shape index (κ2) is 3.72. The van der Waals surface area contributed by atoms with E-state index in [9.17, 15) is 0 Å². The van der Waals surface area contributed by atoms with E-state index in [0.717, 1.165) is 11.1 Å². The average Bonchev–Trinajstić information content (AvgIpc) is 2.65. The summed E-state index contributed by atoms with van der Waals surface area (Å²) in [5.41, 5.74) is 7.39. The van der Waals surface area contributed by atoms with Crippen LogP contribution in [0.25, 0.3) is 11.5 Å². The molecule has 1 aromatic heterocycles. The van der Waals surface area contributed by atoms with Gasteiger partial charge in [-0.25, -0.2) is 0 Å². The molecule has 0 saturated heterocycles. The molecule has 16 heavy (non-hydrogen) atoms. The van der Waals surface area contributed by atoms with Gasteiger partial charge in [0.05, 0.1) is 5.54 Å². The van der Waals surface area contributed by atoms with Crippen LogP contribution in [0.3, 0.4) is 0 Å². The molecule has 4 nitrogen and oxygen atoms in total. The average molecular weight is 217 g/mol. The van der Waals surface area contributed by atoms with E-state index in [1.165, 1.54) is 0 Å². The van der Waals surface area contributed by atoms with Crippen LogP contribution in [0, 0.1) is 6.92 Å². The van der Waals surface area contributed by atoms with Gasteiger partial charge in [0.25, 0.3) is 5.89 Å². The van der Waals surface area contributed by atoms with E-state index in [0.29, 0.717) is 11.7 Å². The van der Waals surface area contributed by atoms with Gasteiger partial charge >= 0.3 is 0 Å². The second-order valence-electron chi connectivity index (χ2n) is 4.51. The minimum atomic E-state index is -0.578. The topological polar surface area (TPSA) is 64.9 Å². The summed E-state index contributed by atoms with van der Waals surface area (Å²) < 4.78 is 5.19. The first-order chi connectivity index (χ1) is 7.47. The van der Waals surface area contributed by atoms with Crippen LogP contribution in [0.5, 0.6) is 0 Å². The van der Waals surface area contributed by atoms with Gasteiger partial charge in [-0.05, 0) is 32.9 Å². The maximum absolute atomic E-state index is 5.89. The summed E-state index contributed by atoms with van der Waals surface area (Å²) in [6, 6.07) is 7.92. The predicted molar refractivity (Wildman–Crippen MR) is 61.7 cm³/mol. The van der Waals surface area contributed by atoms with Crippen LogP contribution in [-0.4, -0.2) is 10.1 Å². The van der Waals surface area contributed by atoms with Crippen molar-refractivity contribution in [2.75, 3.05) is 0 Å². The fourth-order valence-corrected chi connectivity index (χ4v) is 1.38. The van der Waals surface area contributed by atoms with E-state index in [-0.39, 0.29) is 0 Å². The molecule has 1 heterocycles. The van der Waals surface area contributed by atoms with Gasteiger partial charge in [0.15, 0.2) is 5.82 Å². The first-order valence-corrected chi connectivity index (χ1v) is 5.17. The number of benzene rings is 1. The third-order valence-corrected chi connectivity index (χ3v) is 2.27. The lowest BCUT2D eigenvalue weighted by atomic mass is 10.1. The lowest BCUT2D eigenvalue weighted by Crippen LogP contribution is -2.30. The van der Waals surface area contributed by atoms with Crippen molar-refractivity contribution in [1.82, 2.24) is 10.1 Å². The molecule has 0 atom stereocenters. The molecule has 84 valence electrons.